The first-order valence-corrected chi connectivity index (χ1v) is 9.94. The zero-order valence-corrected chi connectivity index (χ0v) is 16.6. The zero-order valence-electron chi connectivity index (χ0n) is 16.6. The number of hydrogen-bond donors (Lipinski definition) is 0. The number of likely N-dealkylation sites (tertiary alicyclic amines) is 1. The molecule has 0 bridgehead atoms. The van der Waals surface area contributed by atoms with Crippen molar-refractivity contribution in [3.63, 3.8) is 0 Å². The summed E-state index contributed by atoms with van der Waals surface area (Å²) in [4.78, 5) is 13.7. The summed E-state index contributed by atoms with van der Waals surface area (Å²) >= 11 is 0. The van der Waals surface area contributed by atoms with Crippen molar-refractivity contribution >= 4 is 5.82 Å². The molecule has 6 nitrogen and oxygen atoms in total. The Bertz CT molecular complexity index is 877. The van der Waals surface area contributed by atoms with Crippen LogP contribution in [0.5, 0.6) is 0 Å². The number of anilines is 1. The molecule has 0 amide bonds. The Kier molecular flexibility index (Phi) is 5.67. The minimum Gasteiger partial charge on any atom is -0.355 e. The molecule has 1 saturated heterocycles. The lowest BCUT2D eigenvalue weighted by Crippen LogP contribution is -2.33. The minimum atomic E-state index is 0.602. The lowest BCUT2D eigenvalue weighted by Gasteiger charge is -2.29. The molecule has 1 aliphatic rings. The van der Waals surface area contributed by atoms with Gasteiger partial charge in [0.05, 0.1) is 6.54 Å². The van der Waals surface area contributed by atoms with Crippen LogP contribution in [0.1, 0.15) is 31.2 Å². The predicted octanol–water partition coefficient (Wildman–Crippen LogP) is 4.00. The summed E-state index contributed by atoms with van der Waals surface area (Å²) < 4.78 is 5.47. The van der Waals surface area contributed by atoms with Crippen LogP contribution in [-0.2, 0) is 13.1 Å². The fraction of sp³-hybridized carbons (Fsp3) is 0.409. The van der Waals surface area contributed by atoms with Gasteiger partial charge in [0.2, 0.25) is 11.7 Å². The number of piperidine rings is 1. The molecule has 3 aromatic rings. The second-order valence-corrected chi connectivity index (χ2v) is 7.74. The van der Waals surface area contributed by atoms with Crippen LogP contribution in [0, 0.1) is 5.92 Å². The van der Waals surface area contributed by atoms with E-state index in [4.69, 9.17) is 4.52 Å². The molecular weight excluding hydrogens is 350 g/mol. The van der Waals surface area contributed by atoms with Crippen molar-refractivity contribution in [2.45, 2.75) is 32.9 Å². The summed E-state index contributed by atoms with van der Waals surface area (Å²) in [5.41, 5.74) is 2.13. The van der Waals surface area contributed by atoms with Gasteiger partial charge in [-0.1, -0.05) is 42.4 Å². The van der Waals surface area contributed by atoms with Gasteiger partial charge in [-0.2, -0.15) is 4.98 Å². The van der Waals surface area contributed by atoms with E-state index in [1.165, 1.54) is 18.4 Å². The van der Waals surface area contributed by atoms with Crippen LogP contribution in [-0.4, -0.2) is 40.2 Å². The average molecular weight is 377 g/mol. The number of hydrogen-bond acceptors (Lipinski definition) is 6. The molecule has 0 saturated carbocycles. The van der Waals surface area contributed by atoms with E-state index in [9.17, 15) is 0 Å². The first-order chi connectivity index (χ1) is 13.7. The highest BCUT2D eigenvalue weighted by Gasteiger charge is 2.19. The molecule has 0 N–H and O–H groups in total. The summed E-state index contributed by atoms with van der Waals surface area (Å²) in [6.45, 7) is 6.04. The van der Waals surface area contributed by atoms with Gasteiger partial charge < -0.3 is 9.42 Å². The van der Waals surface area contributed by atoms with Gasteiger partial charge in [0.15, 0.2) is 0 Å². The van der Waals surface area contributed by atoms with Gasteiger partial charge in [0, 0.05) is 31.9 Å². The number of benzene rings is 1. The summed E-state index contributed by atoms with van der Waals surface area (Å²) in [5, 5.41) is 4.15. The maximum Gasteiger partial charge on any atom is 0.241 e. The molecule has 0 spiro atoms. The Morgan fingerprint density at radius 3 is 2.79 bits per heavy atom. The van der Waals surface area contributed by atoms with E-state index < -0.39 is 0 Å². The monoisotopic (exact) mass is 377 g/mol. The van der Waals surface area contributed by atoms with Crippen molar-refractivity contribution in [2.24, 2.45) is 5.92 Å². The molecule has 0 unspecified atom stereocenters. The van der Waals surface area contributed by atoms with Crippen molar-refractivity contribution in [3.8, 4) is 11.4 Å². The molecule has 146 valence electrons. The Morgan fingerprint density at radius 2 is 2.04 bits per heavy atom. The Hall–Kier alpha value is -2.73. The fourth-order valence-corrected chi connectivity index (χ4v) is 3.74. The van der Waals surface area contributed by atoms with Gasteiger partial charge in [0.1, 0.15) is 5.82 Å². The fourth-order valence-electron chi connectivity index (χ4n) is 3.74. The van der Waals surface area contributed by atoms with Gasteiger partial charge in [0.25, 0.3) is 0 Å². The molecule has 1 aromatic carbocycles. The van der Waals surface area contributed by atoms with Gasteiger partial charge in [-0.15, -0.1) is 0 Å². The van der Waals surface area contributed by atoms with Crippen molar-refractivity contribution in [1.29, 1.82) is 0 Å². The second-order valence-electron chi connectivity index (χ2n) is 7.74. The SMILES string of the molecule is C[C@H]1CCCN(Cc2nc(-c3ccc(N(C)Cc4ccccc4)nc3)no2)C1. The number of rotatable bonds is 6. The quantitative estimate of drug-likeness (QED) is 0.647. The van der Waals surface area contributed by atoms with Crippen LogP contribution in [0.2, 0.25) is 0 Å². The molecular formula is C22H27N5O. The zero-order chi connectivity index (χ0) is 19.3. The average Bonchev–Trinajstić information content (AvgIpc) is 3.17. The van der Waals surface area contributed by atoms with Gasteiger partial charge in [-0.05, 0) is 43.0 Å². The van der Waals surface area contributed by atoms with Crippen molar-refractivity contribution in [1.82, 2.24) is 20.0 Å². The maximum absolute atomic E-state index is 5.47. The van der Waals surface area contributed by atoms with E-state index in [0.717, 1.165) is 43.5 Å². The van der Waals surface area contributed by atoms with Gasteiger partial charge in [-0.25, -0.2) is 4.98 Å². The largest absolute Gasteiger partial charge is 0.355 e. The maximum atomic E-state index is 5.47. The molecule has 0 radical (unpaired) electrons. The van der Waals surface area contributed by atoms with E-state index in [0.29, 0.717) is 11.7 Å². The van der Waals surface area contributed by atoms with E-state index in [1.54, 1.807) is 0 Å². The van der Waals surface area contributed by atoms with Crippen LogP contribution in [0.15, 0.2) is 53.2 Å². The summed E-state index contributed by atoms with van der Waals surface area (Å²) in [6, 6.07) is 14.4. The van der Waals surface area contributed by atoms with Crippen molar-refractivity contribution in [3.05, 3.63) is 60.1 Å². The highest BCUT2D eigenvalue weighted by atomic mass is 16.5. The second kappa shape index (κ2) is 8.52. The lowest BCUT2D eigenvalue weighted by atomic mass is 10.0. The highest BCUT2D eigenvalue weighted by Crippen LogP contribution is 2.21. The molecule has 2 aromatic heterocycles. The predicted molar refractivity (Wildman–Crippen MR) is 110 cm³/mol. The Balaban J connectivity index is 1.39. The summed E-state index contributed by atoms with van der Waals surface area (Å²) in [6.07, 6.45) is 4.36. The lowest BCUT2D eigenvalue weighted by molar-refractivity contribution is 0.157. The summed E-state index contributed by atoms with van der Waals surface area (Å²) in [7, 11) is 2.04. The van der Waals surface area contributed by atoms with E-state index in [-0.39, 0.29) is 0 Å². The molecule has 1 fully saturated rings. The van der Waals surface area contributed by atoms with Crippen LogP contribution in [0.3, 0.4) is 0 Å². The smallest absolute Gasteiger partial charge is 0.241 e. The van der Waals surface area contributed by atoms with E-state index in [1.807, 2.05) is 31.4 Å². The molecule has 1 atom stereocenters. The van der Waals surface area contributed by atoms with Crippen LogP contribution in [0.4, 0.5) is 5.82 Å². The molecule has 6 heteroatoms. The molecule has 28 heavy (non-hydrogen) atoms. The first kappa shape index (κ1) is 18.6. The topological polar surface area (TPSA) is 58.3 Å². The number of nitrogens with zero attached hydrogens (tertiary/aromatic N) is 5. The Morgan fingerprint density at radius 1 is 1.18 bits per heavy atom. The summed E-state index contributed by atoms with van der Waals surface area (Å²) in [5.74, 6) is 2.93. The standard InChI is InChI=1S/C22H27N5O/c1-17-7-6-12-27(14-17)16-21-24-22(25-28-21)19-10-11-20(23-13-19)26(2)15-18-8-4-3-5-9-18/h3-5,8-11,13,17H,6-7,12,14-16H2,1-2H3/t17-/m0/s1. The van der Waals surface area contributed by atoms with Crippen LogP contribution in [0.25, 0.3) is 11.4 Å². The molecule has 3 heterocycles. The van der Waals surface area contributed by atoms with Crippen LogP contribution >= 0.6 is 0 Å². The van der Waals surface area contributed by atoms with Crippen molar-refractivity contribution < 1.29 is 4.52 Å². The van der Waals surface area contributed by atoms with E-state index >= 15 is 0 Å². The van der Waals surface area contributed by atoms with E-state index in [2.05, 4.69) is 56.1 Å². The third kappa shape index (κ3) is 4.57. The minimum absolute atomic E-state index is 0.602. The molecule has 4 rings (SSSR count). The first-order valence-electron chi connectivity index (χ1n) is 9.94. The van der Waals surface area contributed by atoms with Crippen molar-refractivity contribution in [2.75, 3.05) is 25.0 Å². The third-order valence-electron chi connectivity index (χ3n) is 5.23. The number of pyridine rings is 1. The van der Waals surface area contributed by atoms with Crippen LogP contribution < -0.4 is 4.90 Å². The highest BCUT2D eigenvalue weighted by molar-refractivity contribution is 5.55. The normalized spacial score (nSPS) is 17.6. The molecule has 1 aliphatic heterocycles. The number of aromatic nitrogens is 3. The molecule has 0 aliphatic carbocycles. The van der Waals surface area contributed by atoms with Gasteiger partial charge in [-0.3, -0.25) is 4.90 Å². The Labute approximate surface area is 166 Å². The third-order valence-corrected chi connectivity index (χ3v) is 5.23. The van der Waals surface area contributed by atoms with Gasteiger partial charge >= 0.3 is 0 Å².